The van der Waals surface area contributed by atoms with Crippen molar-refractivity contribution in [3.8, 4) is 0 Å². The number of hydrogen-bond acceptors (Lipinski definition) is 1. The highest BCUT2D eigenvalue weighted by molar-refractivity contribution is 4.92. The summed E-state index contributed by atoms with van der Waals surface area (Å²) in [5.74, 6) is 2.01. The second-order valence-electron chi connectivity index (χ2n) is 6.40. The van der Waals surface area contributed by atoms with Crippen molar-refractivity contribution < 1.29 is 0 Å². The van der Waals surface area contributed by atoms with Crippen LogP contribution >= 0.6 is 0 Å². The lowest BCUT2D eigenvalue weighted by molar-refractivity contribution is 0.192. The van der Waals surface area contributed by atoms with Crippen LogP contribution in [0.3, 0.4) is 0 Å². The Morgan fingerprint density at radius 2 is 2.00 bits per heavy atom. The van der Waals surface area contributed by atoms with Crippen molar-refractivity contribution in [1.82, 2.24) is 5.32 Å². The van der Waals surface area contributed by atoms with Gasteiger partial charge in [0.05, 0.1) is 0 Å². The summed E-state index contributed by atoms with van der Waals surface area (Å²) >= 11 is 0. The summed E-state index contributed by atoms with van der Waals surface area (Å²) < 4.78 is 0. The summed E-state index contributed by atoms with van der Waals surface area (Å²) in [4.78, 5) is 0. The van der Waals surface area contributed by atoms with E-state index < -0.39 is 0 Å². The fourth-order valence-corrected chi connectivity index (χ4v) is 3.47. The van der Waals surface area contributed by atoms with Gasteiger partial charge in [0.2, 0.25) is 0 Å². The van der Waals surface area contributed by atoms with Crippen molar-refractivity contribution >= 4 is 0 Å². The van der Waals surface area contributed by atoms with Crippen LogP contribution in [0.1, 0.15) is 58.8 Å². The van der Waals surface area contributed by atoms with Crippen molar-refractivity contribution in [2.45, 2.75) is 64.8 Å². The third-order valence-corrected chi connectivity index (χ3v) is 4.78. The van der Waals surface area contributed by atoms with Crippen LogP contribution < -0.4 is 5.32 Å². The topological polar surface area (TPSA) is 12.0 Å². The van der Waals surface area contributed by atoms with Gasteiger partial charge in [-0.15, -0.1) is 0 Å². The first-order chi connectivity index (χ1) is 7.13. The van der Waals surface area contributed by atoms with E-state index in [4.69, 9.17) is 0 Å². The largest absolute Gasteiger partial charge is 0.317 e. The molecule has 0 aromatic carbocycles. The molecule has 0 radical (unpaired) electrons. The minimum Gasteiger partial charge on any atom is -0.317 e. The summed E-state index contributed by atoms with van der Waals surface area (Å²) in [5, 5.41) is 3.58. The number of rotatable bonds is 5. The van der Waals surface area contributed by atoms with E-state index in [-0.39, 0.29) is 0 Å². The molecule has 0 amide bonds. The van der Waals surface area contributed by atoms with Gasteiger partial charge in [0.1, 0.15) is 0 Å². The van der Waals surface area contributed by atoms with Crippen molar-refractivity contribution in [3.63, 3.8) is 0 Å². The van der Waals surface area contributed by atoms with Gasteiger partial charge in [0.15, 0.2) is 0 Å². The predicted octanol–water partition coefficient (Wildman–Crippen LogP) is 3.59. The summed E-state index contributed by atoms with van der Waals surface area (Å²) in [6, 6.07) is 0.781. The molecule has 1 heteroatoms. The maximum atomic E-state index is 3.58. The van der Waals surface area contributed by atoms with E-state index in [0.717, 1.165) is 17.9 Å². The molecule has 2 saturated carbocycles. The third-order valence-electron chi connectivity index (χ3n) is 4.78. The summed E-state index contributed by atoms with van der Waals surface area (Å²) in [7, 11) is 2.16. The van der Waals surface area contributed by atoms with E-state index in [2.05, 4.69) is 26.2 Å². The monoisotopic (exact) mass is 209 g/mol. The normalized spacial score (nSPS) is 31.8. The van der Waals surface area contributed by atoms with E-state index in [1.54, 1.807) is 0 Å². The van der Waals surface area contributed by atoms with Gasteiger partial charge in [-0.05, 0) is 50.0 Å². The molecule has 1 N–H and O–H groups in total. The highest BCUT2D eigenvalue weighted by Crippen LogP contribution is 2.46. The molecule has 0 aromatic heterocycles. The molecule has 2 unspecified atom stereocenters. The fourth-order valence-electron chi connectivity index (χ4n) is 3.47. The molecule has 0 spiro atoms. The van der Waals surface area contributed by atoms with Gasteiger partial charge in [-0.25, -0.2) is 0 Å². The average Bonchev–Trinajstić information content (AvgIpc) is 2.93. The number of nitrogens with one attached hydrogen (secondary N) is 1. The quantitative estimate of drug-likeness (QED) is 0.729. The fraction of sp³-hybridized carbons (Fsp3) is 1.00. The molecule has 2 fully saturated rings. The maximum Gasteiger partial charge on any atom is 0.00975 e. The molecule has 2 atom stereocenters. The van der Waals surface area contributed by atoms with Gasteiger partial charge >= 0.3 is 0 Å². The Labute approximate surface area is 95.0 Å². The molecule has 0 aliphatic heterocycles. The molecule has 2 aliphatic carbocycles. The molecule has 2 aliphatic rings. The number of hydrogen-bond donors (Lipinski definition) is 1. The van der Waals surface area contributed by atoms with Gasteiger partial charge in [-0.1, -0.05) is 33.1 Å². The van der Waals surface area contributed by atoms with Gasteiger partial charge < -0.3 is 5.32 Å². The molecule has 0 saturated heterocycles. The zero-order chi connectivity index (χ0) is 10.9. The first kappa shape index (κ1) is 11.4. The molecule has 1 nitrogen and oxygen atoms in total. The summed E-state index contributed by atoms with van der Waals surface area (Å²) in [5.41, 5.74) is 0.581. The molecule has 0 aromatic rings. The van der Waals surface area contributed by atoms with Crippen LogP contribution in [0.4, 0.5) is 0 Å². The second kappa shape index (κ2) is 4.45. The standard InChI is InChI=1S/C14H27N/c1-14(2)10-4-5-12(14)13(15-3)9-8-11-6-7-11/h11-13,15H,4-10H2,1-3H3. The first-order valence-electron chi connectivity index (χ1n) is 6.81. The molecule has 0 heterocycles. The van der Waals surface area contributed by atoms with E-state index in [9.17, 15) is 0 Å². The highest BCUT2D eigenvalue weighted by atomic mass is 14.9. The smallest absolute Gasteiger partial charge is 0.00975 e. The lowest BCUT2D eigenvalue weighted by Crippen LogP contribution is -2.38. The average molecular weight is 209 g/mol. The van der Waals surface area contributed by atoms with Crippen LogP contribution in [-0.2, 0) is 0 Å². The molecule has 2 rings (SSSR count). The van der Waals surface area contributed by atoms with Crippen molar-refractivity contribution in [1.29, 1.82) is 0 Å². The second-order valence-corrected chi connectivity index (χ2v) is 6.40. The lowest BCUT2D eigenvalue weighted by Gasteiger charge is -2.34. The zero-order valence-corrected chi connectivity index (χ0v) is 10.7. The van der Waals surface area contributed by atoms with Crippen molar-refractivity contribution in [2.75, 3.05) is 7.05 Å². The minimum absolute atomic E-state index is 0.581. The molecule has 88 valence electrons. The Bertz CT molecular complexity index is 205. The summed E-state index contributed by atoms with van der Waals surface area (Å²) in [6.07, 6.45) is 10.2. The van der Waals surface area contributed by atoms with Crippen LogP contribution in [0, 0.1) is 17.3 Å². The van der Waals surface area contributed by atoms with Gasteiger partial charge in [0.25, 0.3) is 0 Å². The Kier molecular flexibility index (Phi) is 3.39. The Hall–Kier alpha value is -0.0400. The zero-order valence-electron chi connectivity index (χ0n) is 10.7. The third kappa shape index (κ3) is 2.75. The SMILES string of the molecule is CNC(CCC1CC1)C1CCCC1(C)C. The molecule has 0 bridgehead atoms. The summed E-state index contributed by atoms with van der Waals surface area (Å²) in [6.45, 7) is 4.93. The Morgan fingerprint density at radius 3 is 2.47 bits per heavy atom. The van der Waals surface area contributed by atoms with E-state index in [1.165, 1.54) is 44.9 Å². The van der Waals surface area contributed by atoms with Crippen molar-refractivity contribution in [2.24, 2.45) is 17.3 Å². The minimum atomic E-state index is 0.581. The molecule has 15 heavy (non-hydrogen) atoms. The van der Waals surface area contributed by atoms with Gasteiger partial charge in [-0.2, -0.15) is 0 Å². The lowest BCUT2D eigenvalue weighted by atomic mass is 9.76. The molecular formula is C14H27N. The van der Waals surface area contributed by atoms with Crippen LogP contribution in [0.2, 0.25) is 0 Å². The van der Waals surface area contributed by atoms with E-state index >= 15 is 0 Å². The van der Waals surface area contributed by atoms with E-state index in [0.29, 0.717) is 5.41 Å². The van der Waals surface area contributed by atoms with Gasteiger partial charge in [0, 0.05) is 6.04 Å². The maximum absolute atomic E-state index is 3.58. The van der Waals surface area contributed by atoms with Crippen LogP contribution in [0.5, 0.6) is 0 Å². The Balaban J connectivity index is 1.86. The van der Waals surface area contributed by atoms with Crippen LogP contribution in [-0.4, -0.2) is 13.1 Å². The van der Waals surface area contributed by atoms with Crippen LogP contribution in [0.15, 0.2) is 0 Å². The Morgan fingerprint density at radius 1 is 1.27 bits per heavy atom. The van der Waals surface area contributed by atoms with Crippen LogP contribution in [0.25, 0.3) is 0 Å². The predicted molar refractivity (Wildman–Crippen MR) is 65.9 cm³/mol. The van der Waals surface area contributed by atoms with Gasteiger partial charge in [-0.3, -0.25) is 0 Å². The highest BCUT2D eigenvalue weighted by Gasteiger charge is 2.39. The first-order valence-corrected chi connectivity index (χ1v) is 6.81. The molecular weight excluding hydrogens is 182 g/mol. The van der Waals surface area contributed by atoms with E-state index in [1.807, 2.05) is 0 Å². The van der Waals surface area contributed by atoms with Crippen molar-refractivity contribution in [3.05, 3.63) is 0 Å².